The van der Waals surface area contributed by atoms with Gasteiger partial charge >= 0.3 is 0 Å². The molecule has 1 heterocycles. The lowest BCUT2D eigenvalue weighted by Gasteiger charge is -2.34. The van der Waals surface area contributed by atoms with Crippen molar-refractivity contribution in [1.82, 2.24) is 0 Å². The molecule has 3 amide bonds. The fraction of sp³-hybridized carbons (Fsp3) is 0.292. The van der Waals surface area contributed by atoms with E-state index in [1.807, 2.05) is 32.0 Å². The summed E-state index contributed by atoms with van der Waals surface area (Å²) >= 11 is 39.3. The number of hydrogen-bond donors (Lipinski definition) is 1. The number of para-hydroxylation sites is 1. The van der Waals surface area contributed by atoms with Gasteiger partial charge in [0.25, 0.3) is 5.91 Å². The minimum absolute atomic E-state index is 0.0701. The Morgan fingerprint density at radius 2 is 1.34 bits per heavy atom. The van der Waals surface area contributed by atoms with Gasteiger partial charge in [-0.15, -0.1) is 23.2 Å². The van der Waals surface area contributed by atoms with E-state index in [1.54, 1.807) is 12.1 Å². The van der Waals surface area contributed by atoms with Gasteiger partial charge in [0.2, 0.25) is 11.8 Å². The van der Waals surface area contributed by atoms with Gasteiger partial charge in [-0.2, -0.15) is 0 Å². The summed E-state index contributed by atoms with van der Waals surface area (Å²) in [6, 6.07) is 11.8. The van der Waals surface area contributed by atoms with E-state index in [0.29, 0.717) is 5.69 Å². The Kier molecular flexibility index (Phi) is 5.77. The largest absolute Gasteiger partial charge is 0.322 e. The molecule has 0 radical (unpaired) electrons. The van der Waals surface area contributed by atoms with E-state index in [-0.39, 0.29) is 21.3 Å². The minimum Gasteiger partial charge on any atom is -0.322 e. The van der Waals surface area contributed by atoms with E-state index < -0.39 is 43.6 Å². The second-order valence-corrected chi connectivity index (χ2v) is 12.2. The standard InChI is InChI=1S/C24H16Cl6N2O3/c1-10-7-11(2)9-12(8-10)31-19(33)13-5-3-4-6-14(13)32-20(34)15-16(21(32)35)23(28)18(26)17(25)22(15,27)24(23,29)30/h3-9,15-16H,1-2H3,(H,31,33)/t15-,16-,22-,23-/m1/s1. The monoisotopic (exact) mass is 590 g/mol. The highest BCUT2D eigenvalue weighted by Crippen LogP contribution is 2.77. The van der Waals surface area contributed by atoms with Crippen LogP contribution < -0.4 is 10.2 Å². The zero-order chi connectivity index (χ0) is 25.7. The maximum Gasteiger partial charge on any atom is 0.257 e. The summed E-state index contributed by atoms with van der Waals surface area (Å²) in [4.78, 5) is 37.7. The van der Waals surface area contributed by atoms with E-state index >= 15 is 0 Å². The molecule has 182 valence electrons. The van der Waals surface area contributed by atoms with Crippen LogP contribution in [-0.2, 0) is 9.59 Å². The molecule has 5 rings (SSSR count). The van der Waals surface area contributed by atoms with Gasteiger partial charge in [0.05, 0.1) is 33.2 Å². The molecule has 0 aromatic heterocycles. The van der Waals surface area contributed by atoms with Crippen LogP contribution in [0, 0.1) is 25.7 Å². The summed E-state index contributed by atoms with van der Waals surface area (Å²) in [7, 11) is 0. The molecule has 0 spiro atoms. The molecule has 1 saturated heterocycles. The molecule has 11 heteroatoms. The number of anilines is 2. The molecule has 4 atom stereocenters. The lowest BCUT2D eigenvalue weighted by molar-refractivity contribution is -0.123. The molecule has 5 nitrogen and oxygen atoms in total. The second-order valence-electron chi connectivity index (χ2n) is 8.94. The SMILES string of the molecule is Cc1cc(C)cc(NC(=O)c2ccccc2N2C(=O)[C@H]3[C@H](C2=O)[C@@]2(Cl)C(Cl)=C(Cl)[C@@]3(Cl)C2(Cl)Cl)c1. The van der Waals surface area contributed by atoms with E-state index in [9.17, 15) is 14.4 Å². The summed E-state index contributed by atoms with van der Waals surface area (Å²) < 4.78 is -2.02. The van der Waals surface area contributed by atoms with E-state index in [4.69, 9.17) is 69.6 Å². The van der Waals surface area contributed by atoms with Crippen LogP contribution >= 0.6 is 69.6 Å². The molecule has 1 N–H and O–H groups in total. The number of rotatable bonds is 3. The Labute approximate surface area is 231 Å². The predicted molar refractivity (Wildman–Crippen MR) is 140 cm³/mol. The number of nitrogens with zero attached hydrogens (tertiary/aromatic N) is 1. The van der Waals surface area contributed by atoms with Gasteiger partial charge in [-0.1, -0.05) is 64.6 Å². The molecular weight excluding hydrogens is 577 g/mol. The first-order valence-corrected chi connectivity index (χ1v) is 12.7. The molecule has 0 unspecified atom stereocenters. The van der Waals surface area contributed by atoms with Crippen LogP contribution in [-0.4, -0.2) is 31.8 Å². The highest BCUT2D eigenvalue weighted by molar-refractivity contribution is 6.67. The third-order valence-electron chi connectivity index (χ3n) is 6.78. The summed E-state index contributed by atoms with van der Waals surface area (Å²) in [5, 5.41) is 2.47. The Morgan fingerprint density at radius 1 is 0.857 bits per heavy atom. The minimum atomic E-state index is -2.02. The number of carbonyl (C=O) groups excluding carboxylic acids is 3. The number of nitrogens with one attached hydrogen (secondary N) is 1. The molecule has 1 aliphatic heterocycles. The maximum atomic E-state index is 13.7. The topological polar surface area (TPSA) is 66.5 Å². The molecule has 35 heavy (non-hydrogen) atoms. The lowest BCUT2D eigenvalue weighted by atomic mass is 9.84. The molecule has 2 aromatic rings. The third kappa shape index (κ3) is 3.06. The molecule has 2 fully saturated rings. The Morgan fingerprint density at radius 3 is 1.86 bits per heavy atom. The normalized spacial score (nSPS) is 30.8. The quantitative estimate of drug-likeness (QED) is 0.326. The first kappa shape index (κ1) is 25.2. The summed E-state index contributed by atoms with van der Waals surface area (Å²) in [5.41, 5.74) is 2.68. The van der Waals surface area contributed by atoms with Crippen molar-refractivity contribution < 1.29 is 14.4 Å². The number of carbonyl (C=O) groups is 3. The smallest absolute Gasteiger partial charge is 0.257 e. The number of hydrogen-bond acceptors (Lipinski definition) is 3. The molecule has 3 aliphatic rings. The Hall–Kier alpha value is -1.47. The van der Waals surface area contributed by atoms with Crippen LogP contribution in [0.5, 0.6) is 0 Å². The number of alkyl halides is 4. The highest BCUT2D eigenvalue weighted by atomic mass is 35.5. The van der Waals surface area contributed by atoms with Crippen molar-refractivity contribution in [2.75, 3.05) is 10.2 Å². The maximum absolute atomic E-state index is 13.7. The van der Waals surface area contributed by atoms with Crippen LogP contribution in [0.25, 0.3) is 0 Å². The summed E-state index contributed by atoms with van der Waals surface area (Å²) in [5.74, 6) is -4.52. The van der Waals surface area contributed by atoms with Gasteiger partial charge in [-0.3, -0.25) is 14.4 Å². The zero-order valence-electron chi connectivity index (χ0n) is 18.1. The number of amides is 3. The van der Waals surface area contributed by atoms with Crippen molar-refractivity contribution in [2.24, 2.45) is 11.8 Å². The average molecular weight is 593 g/mol. The van der Waals surface area contributed by atoms with Gasteiger partial charge < -0.3 is 5.32 Å². The number of fused-ring (bicyclic) bond motifs is 5. The van der Waals surface area contributed by atoms with E-state index in [0.717, 1.165) is 16.0 Å². The van der Waals surface area contributed by atoms with Gasteiger partial charge in [0, 0.05) is 5.69 Å². The second kappa shape index (κ2) is 8.01. The Balaban J connectivity index is 1.56. The van der Waals surface area contributed by atoms with Gasteiger partial charge in [0.1, 0.15) is 9.75 Å². The fourth-order valence-electron chi connectivity index (χ4n) is 5.34. The third-order valence-corrected chi connectivity index (χ3v) is 11.0. The van der Waals surface area contributed by atoms with Gasteiger partial charge in [0.15, 0.2) is 4.33 Å². The highest BCUT2D eigenvalue weighted by Gasteiger charge is 2.87. The van der Waals surface area contributed by atoms with Gasteiger partial charge in [-0.05, 0) is 49.2 Å². The number of aryl methyl sites for hydroxylation is 2. The van der Waals surface area contributed by atoms with Crippen molar-refractivity contribution in [3.05, 3.63) is 69.2 Å². The van der Waals surface area contributed by atoms with Crippen LogP contribution in [0.3, 0.4) is 0 Å². The van der Waals surface area contributed by atoms with E-state index in [2.05, 4.69) is 5.32 Å². The van der Waals surface area contributed by atoms with Crippen LogP contribution in [0.2, 0.25) is 0 Å². The predicted octanol–water partition coefficient (Wildman–Crippen LogP) is 6.51. The first-order valence-electron chi connectivity index (χ1n) is 10.5. The molecular formula is C24H16Cl6N2O3. The first-order chi connectivity index (χ1) is 16.3. The van der Waals surface area contributed by atoms with Crippen molar-refractivity contribution in [2.45, 2.75) is 27.9 Å². The van der Waals surface area contributed by atoms with Gasteiger partial charge in [-0.25, -0.2) is 4.90 Å². The van der Waals surface area contributed by atoms with Crippen LogP contribution in [0.1, 0.15) is 21.5 Å². The van der Waals surface area contributed by atoms with Crippen LogP contribution in [0.15, 0.2) is 52.5 Å². The zero-order valence-corrected chi connectivity index (χ0v) is 22.7. The summed E-state index contributed by atoms with van der Waals surface area (Å²) in [6.07, 6.45) is 0. The van der Waals surface area contributed by atoms with Crippen molar-refractivity contribution >= 4 is 98.7 Å². The number of benzene rings is 2. The number of halogens is 6. The lowest BCUT2D eigenvalue weighted by Crippen LogP contribution is -2.50. The molecule has 2 aliphatic carbocycles. The molecule has 1 saturated carbocycles. The van der Waals surface area contributed by atoms with E-state index in [1.165, 1.54) is 12.1 Å². The van der Waals surface area contributed by atoms with Crippen LogP contribution in [0.4, 0.5) is 11.4 Å². The summed E-state index contributed by atoms with van der Waals surface area (Å²) in [6.45, 7) is 3.82. The Bertz CT molecular complexity index is 1310. The van der Waals surface area contributed by atoms with Crippen molar-refractivity contribution in [3.63, 3.8) is 0 Å². The fourth-order valence-corrected chi connectivity index (χ4v) is 8.27. The number of imide groups is 1. The van der Waals surface area contributed by atoms with Crippen molar-refractivity contribution in [1.29, 1.82) is 0 Å². The molecule has 2 bridgehead atoms. The average Bonchev–Trinajstić information content (AvgIpc) is 3.16. The molecule has 2 aromatic carbocycles. The van der Waals surface area contributed by atoms with Crippen molar-refractivity contribution in [3.8, 4) is 0 Å². The number of allylic oxidation sites excluding steroid dienone is 2.